The summed E-state index contributed by atoms with van der Waals surface area (Å²) in [5.74, 6) is 0. The van der Waals surface area contributed by atoms with Crippen LogP contribution in [0.25, 0.3) is 0 Å². The van der Waals surface area contributed by atoms with Crippen LogP contribution in [0.4, 0.5) is 0 Å². The van der Waals surface area contributed by atoms with E-state index in [2.05, 4.69) is 68.3 Å². The molecule has 0 saturated heterocycles. The monoisotopic (exact) mass is 378 g/mol. The lowest BCUT2D eigenvalue weighted by atomic mass is 9.94. The predicted molar refractivity (Wildman–Crippen MR) is 88.0 cm³/mol. The highest BCUT2D eigenvalue weighted by Crippen LogP contribution is 2.22. The van der Waals surface area contributed by atoms with Crippen LogP contribution in [-0.2, 0) is 31.0 Å². The Labute approximate surface area is 131 Å². The molecule has 4 bridgehead atoms. The Morgan fingerprint density at radius 3 is 1.53 bits per heavy atom. The number of aryl methyl sites for hydroxylation is 4. The van der Waals surface area contributed by atoms with E-state index in [1.807, 2.05) is 0 Å². The zero-order valence-corrected chi connectivity index (χ0v) is 13.9. The molecule has 0 unspecified atom stereocenters. The molecule has 0 N–H and O–H groups in total. The Morgan fingerprint density at radius 1 is 0.684 bits per heavy atom. The van der Waals surface area contributed by atoms with Crippen molar-refractivity contribution < 1.29 is 0 Å². The fourth-order valence-corrected chi connectivity index (χ4v) is 3.70. The molecule has 1 aliphatic carbocycles. The molecule has 98 valence electrons. The van der Waals surface area contributed by atoms with Gasteiger partial charge in [0.1, 0.15) is 0 Å². The van der Waals surface area contributed by atoms with E-state index in [-0.39, 0.29) is 0 Å². The second kappa shape index (κ2) is 5.80. The van der Waals surface area contributed by atoms with Gasteiger partial charge in [-0.25, -0.2) is 0 Å². The largest absolute Gasteiger partial charge is 0.0876 e. The number of benzene rings is 2. The van der Waals surface area contributed by atoms with Crippen LogP contribution >= 0.6 is 31.9 Å². The Bertz CT molecular complexity index is 558. The molecule has 0 heterocycles. The maximum absolute atomic E-state index is 3.63. The fraction of sp³-hybridized carbons (Fsp3) is 0.294. The lowest BCUT2D eigenvalue weighted by Crippen LogP contribution is -2.01. The third-order valence-corrected chi connectivity index (χ3v) is 4.79. The summed E-state index contributed by atoms with van der Waals surface area (Å²) in [6, 6.07) is 13.9. The molecule has 2 heteroatoms. The van der Waals surface area contributed by atoms with Crippen molar-refractivity contribution in [3.05, 3.63) is 68.7 Å². The molecule has 0 amide bonds. The van der Waals surface area contributed by atoms with Gasteiger partial charge in [-0.1, -0.05) is 56.1 Å². The molecular weight excluding hydrogens is 364 g/mol. The molecular formula is C17H16Br2. The van der Waals surface area contributed by atoms with Gasteiger partial charge in [0.15, 0.2) is 0 Å². The van der Waals surface area contributed by atoms with Gasteiger partial charge >= 0.3 is 0 Å². The molecule has 0 radical (unpaired) electrons. The number of hydrogen-bond acceptors (Lipinski definition) is 0. The molecule has 0 aliphatic heterocycles. The van der Waals surface area contributed by atoms with Gasteiger partial charge < -0.3 is 0 Å². The van der Waals surface area contributed by atoms with Crippen molar-refractivity contribution in [1.82, 2.24) is 0 Å². The van der Waals surface area contributed by atoms with E-state index in [0.29, 0.717) is 0 Å². The quantitative estimate of drug-likeness (QED) is 0.595. The third kappa shape index (κ3) is 3.29. The number of hydrogen-bond donors (Lipinski definition) is 0. The molecule has 2 aromatic carbocycles. The van der Waals surface area contributed by atoms with Crippen molar-refractivity contribution in [3.63, 3.8) is 0 Å². The second-order valence-electron chi connectivity index (χ2n) is 5.26. The summed E-state index contributed by atoms with van der Waals surface area (Å²) in [5, 5.41) is 0.949. The first kappa shape index (κ1) is 13.4. The summed E-state index contributed by atoms with van der Waals surface area (Å²) in [6.07, 6.45) is 4.50. The molecule has 0 spiro atoms. The van der Waals surface area contributed by atoms with Gasteiger partial charge in [-0.15, -0.1) is 0 Å². The summed E-state index contributed by atoms with van der Waals surface area (Å²) >= 11 is 7.20. The highest BCUT2D eigenvalue weighted by molar-refractivity contribution is 9.10. The Kier molecular flexibility index (Phi) is 4.09. The summed E-state index contributed by atoms with van der Waals surface area (Å²) < 4.78 is 1.21. The van der Waals surface area contributed by atoms with Crippen LogP contribution in [0.1, 0.15) is 27.8 Å². The maximum Gasteiger partial charge on any atom is 0.0283 e. The summed E-state index contributed by atoms with van der Waals surface area (Å²) in [7, 11) is 0. The van der Waals surface area contributed by atoms with Crippen molar-refractivity contribution in [3.8, 4) is 0 Å². The zero-order valence-electron chi connectivity index (χ0n) is 10.8. The Balaban J connectivity index is 1.98. The number of alkyl halides is 1. The van der Waals surface area contributed by atoms with Crippen molar-refractivity contribution in [2.24, 2.45) is 0 Å². The first-order valence-corrected chi connectivity index (χ1v) is 8.60. The average Bonchev–Trinajstić information content (AvgIpc) is 2.41. The van der Waals surface area contributed by atoms with Crippen molar-refractivity contribution in [1.29, 1.82) is 0 Å². The Hall–Kier alpha value is -0.600. The normalized spacial score (nSPS) is 14.2. The van der Waals surface area contributed by atoms with E-state index in [0.717, 1.165) is 31.0 Å². The number of rotatable bonds is 1. The lowest BCUT2D eigenvalue weighted by molar-refractivity contribution is 0.899. The van der Waals surface area contributed by atoms with Crippen LogP contribution in [0.3, 0.4) is 0 Å². The SMILES string of the molecule is BrCc1cc2cc(c1)CCc1cc(Br)cc(c1)CC2. The van der Waals surface area contributed by atoms with Crippen molar-refractivity contribution in [2.75, 3.05) is 0 Å². The third-order valence-electron chi connectivity index (χ3n) is 3.69. The van der Waals surface area contributed by atoms with E-state index in [9.17, 15) is 0 Å². The van der Waals surface area contributed by atoms with E-state index in [1.165, 1.54) is 32.3 Å². The van der Waals surface area contributed by atoms with E-state index >= 15 is 0 Å². The van der Waals surface area contributed by atoms with Crippen molar-refractivity contribution >= 4 is 31.9 Å². The molecule has 0 atom stereocenters. The minimum atomic E-state index is 0.949. The van der Waals surface area contributed by atoms with Gasteiger partial charge in [-0.3, -0.25) is 0 Å². The summed E-state index contributed by atoms with van der Waals surface area (Å²) in [6.45, 7) is 0. The van der Waals surface area contributed by atoms with Gasteiger partial charge in [0.05, 0.1) is 0 Å². The minimum absolute atomic E-state index is 0.949. The molecule has 0 aromatic heterocycles. The average molecular weight is 380 g/mol. The number of halogens is 2. The first-order chi connectivity index (χ1) is 9.22. The van der Waals surface area contributed by atoms with Gasteiger partial charge in [-0.2, -0.15) is 0 Å². The van der Waals surface area contributed by atoms with Gasteiger partial charge in [0.2, 0.25) is 0 Å². The predicted octanol–water partition coefficient (Wildman–Crippen LogP) is 5.23. The topological polar surface area (TPSA) is 0 Å². The molecule has 0 saturated carbocycles. The maximum atomic E-state index is 3.63. The smallest absolute Gasteiger partial charge is 0.0283 e. The molecule has 2 aromatic rings. The fourth-order valence-electron chi connectivity index (χ4n) is 2.79. The van der Waals surface area contributed by atoms with Crippen LogP contribution in [0.2, 0.25) is 0 Å². The molecule has 0 fully saturated rings. The van der Waals surface area contributed by atoms with Gasteiger partial charge in [0, 0.05) is 9.80 Å². The van der Waals surface area contributed by atoms with Crippen LogP contribution in [0, 0.1) is 0 Å². The van der Waals surface area contributed by atoms with Crippen LogP contribution in [0.15, 0.2) is 40.9 Å². The van der Waals surface area contributed by atoms with E-state index < -0.39 is 0 Å². The number of fused-ring (bicyclic) bond motifs is 4. The van der Waals surface area contributed by atoms with Crippen molar-refractivity contribution in [2.45, 2.75) is 31.0 Å². The molecule has 19 heavy (non-hydrogen) atoms. The van der Waals surface area contributed by atoms with Crippen LogP contribution < -0.4 is 0 Å². The summed E-state index contributed by atoms with van der Waals surface area (Å²) in [5.41, 5.74) is 7.22. The Morgan fingerprint density at radius 2 is 1.11 bits per heavy atom. The molecule has 3 rings (SSSR count). The van der Waals surface area contributed by atoms with Crippen LogP contribution in [-0.4, -0.2) is 0 Å². The lowest BCUT2D eigenvalue weighted by Gasteiger charge is -2.13. The molecule has 0 nitrogen and oxygen atoms in total. The van der Waals surface area contributed by atoms with Crippen LogP contribution in [0.5, 0.6) is 0 Å². The second-order valence-corrected chi connectivity index (χ2v) is 6.74. The highest BCUT2D eigenvalue weighted by Gasteiger charge is 2.07. The molecule has 1 aliphatic rings. The minimum Gasteiger partial charge on any atom is -0.0876 e. The zero-order chi connectivity index (χ0) is 13.2. The van der Waals surface area contributed by atoms with Gasteiger partial charge in [0.25, 0.3) is 0 Å². The highest BCUT2D eigenvalue weighted by atomic mass is 79.9. The standard InChI is InChI=1S/C17H16Br2/c18-11-16-7-12-1-3-14-6-15(10-17(19)9-14)4-2-13(5-12)8-16/h5-10H,1-4,11H2. The van der Waals surface area contributed by atoms with E-state index in [1.54, 1.807) is 0 Å². The summed E-state index contributed by atoms with van der Waals surface area (Å²) in [4.78, 5) is 0. The van der Waals surface area contributed by atoms with E-state index in [4.69, 9.17) is 0 Å². The first-order valence-electron chi connectivity index (χ1n) is 6.69. The van der Waals surface area contributed by atoms with Gasteiger partial charge in [-0.05, 0) is 65.6 Å².